The lowest BCUT2D eigenvalue weighted by Crippen LogP contribution is -2.48. The van der Waals surface area contributed by atoms with Crippen LogP contribution in [0.1, 0.15) is 33.9 Å². The summed E-state index contributed by atoms with van der Waals surface area (Å²) >= 11 is 0. The number of carbonyl (C=O) groups excluding carboxylic acids is 1. The first-order valence-electron chi connectivity index (χ1n) is 8.76. The number of hydrogen-bond donors (Lipinski definition) is 0. The Kier molecular flexibility index (Phi) is 7.09. The highest BCUT2D eigenvalue weighted by molar-refractivity contribution is 5.95. The van der Waals surface area contributed by atoms with E-state index in [9.17, 15) is 4.79 Å². The van der Waals surface area contributed by atoms with E-state index in [0.29, 0.717) is 5.56 Å². The molecule has 5 heteroatoms. The van der Waals surface area contributed by atoms with E-state index in [4.69, 9.17) is 4.42 Å². The SMILES string of the molecule is Cc1cc(C(=O)N2CCN(CCCc3ccccc3)CC2)c(C)o1.Cl. The molecule has 1 amide bonds. The van der Waals surface area contributed by atoms with Gasteiger partial charge in [0.05, 0.1) is 5.56 Å². The summed E-state index contributed by atoms with van der Waals surface area (Å²) in [4.78, 5) is 17.0. The zero-order chi connectivity index (χ0) is 16.9. The monoisotopic (exact) mass is 362 g/mol. The average molecular weight is 363 g/mol. The Morgan fingerprint density at radius 3 is 2.36 bits per heavy atom. The Morgan fingerprint density at radius 1 is 1.08 bits per heavy atom. The van der Waals surface area contributed by atoms with Gasteiger partial charge in [-0.25, -0.2) is 0 Å². The van der Waals surface area contributed by atoms with Crippen LogP contribution in [0.2, 0.25) is 0 Å². The number of amides is 1. The van der Waals surface area contributed by atoms with Crippen LogP contribution in [0.5, 0.6) is 0 Å². The number of nitrogens with zero attached hydrogens (tertiary/aromatic N) is 2. The third-order valence-electron chi connectivity index (χ3n) is 4.71. The summed E-state index contributed by atoms with van der Waals surface area (Å²) < 4.78 is 5.48. The fraction of sp³-hybridized carbons (Fsp3) is 0.450. The molecule has 1 aromatic heterocycles. The van der Waals surface area contributed by atoms with E-state index >= 15 is 0 Å². The molecule has 0 atom stereocenters. The number of halogens is 1. The molecule has 3 rings (SSSR count). The Hall–Kier alpha value is -1.78. The largest absolute Gasteiger partial charge is 0.466 e. The molecule has 0 spiro atoms. The molecule has 1 aliphatic rings. The van der Waals surface area contributed by atoms with Crippen molar-refractivity contribution in [2.75, 3.05) is 32.7 Å². The number of aryl methyl sites for hydroxylation is 3. The quantitative estimate of drug-likeness (QED) is 0.813. The fourth-order valence-electron chi connectivity index (χ4n) is 3.34. The minimum atomic E-state index is 0. The maximum atomic E-state index is 12.6. The fourth-order valence-corrected chi connectivity index (χ4v) is 3.34. The van der Waals surface area contributed by atoms with E-state index in [1.807, 2.05) is 24.8 Å². The summed E-state index contributed by atoms with van der Waals surface area (Å²) in [6.07, 6.45) is 2.28. The number of hydrogen-bond acceptors (Lipinski definition) is 3. The first kappa shape index (κ1) is 19.5. The third kappa shape index (κ3) is 5.10. The van der Waals surface area contributed by atoms with Crippen LogP contribution in [0.4, 0.5) is 0 Å². The summed E-state index contributed by atoms with van der Waals surface area (Å²) in [6, 6.07) is 12.5. The number of benzene rings is 1. The molecule has 1 saturated heterocycles. The Bertz CT molecular complexity index is 676. The smallest absolute Gasteiger partial charge is 0.257 e. The van der Waals surface area contributed by atoms with Gasteiger partial charge < -0.3 is 9.32 Å². The highest BCUT2D eigenvalue weighted by atomic mass is 35.5. The topological polar surface area (TPSA) is 36.7 Å². The molecule has 0 bridgehead atoms. The van der Waals surface area contributed by atoms with Gasteiger partial charge in [-0.3, -0.25) is 9.69 Å². The van der Waals surface area contributed by atoms with Crippen LogP contribution in [-0.2, 0) is 6.42 Å². The molecule has 1 aromatic carbocycles. The van der Waals surface area contributed by atoms with Crippen LogP contribution in [0.3, 0.4) is 0 Å². The Balaban J connectivity index is 0.00000225. The van der Waals surface area contributed by atoms with E-state index in [2.05, 4.69) is 35.2 Å². The van der Waals surface area contributed by atoms with Crippen molar-refractivity contribution >= 4 is 18.3 Å². The second kappa shape index (κ2) is 9.07. The molecule has 0 radical (unpaired) electrons. The van der Waals surface area contributed by atoms with Crippen molar-refractivity contribution in [1.82, 2.24) is 9.80 Å². The molecular formula is C20H27ClN2O2. The molecule has 2 heterocycles. The summed E-state index contributed by atoms with van der Waals surface area (Å²) in [5.74, 6) is 1.63. The van der Waals surface area contributed by atoms with E-state index in [1.54, 1.807) is 0 Å². The lowest BCUT2D eigenvalue weighted by atomic mass is 10.1. The van der Waals surface area contributed by atoms with Crippen LogP contribution in [0, 0.1) is 13.8 Å². The molecule has 2 aromatic rings. The first-order chi connectivity index (χ1) is 11.6. The van der Waals surface area contributed by atoms with E-state index in [1.165, 1.54) is 5.56 Å². The van der Waals surface area contributed by atoms with Crippen LogP contribution < -0.4 is 0 Å². The zero-order valence-corrected chi connectivity index (χ0v) is 15.8. The van der Waals surface area contributed by atoms with E-state index in [-0.39, 0.29) is 18.3 Å². The van der Waals surface area contributed by atoms with Gasteiger partial charge in [-0.2, -0.15) is 0 Å². The minimum Gasteiger partial charge on any atom is -0.466 e. The first-order valence-corrected chi connectivity index (χ1v) is 8.76. The normalized spacial score (nSPS) is 15.0. The zero-order valence-electron chi connectivity index (χ0n) is 15.0. The average Bonchev–Trinajstić information content (AvgIpc) is 2.94. The second-order valence-corrected chi connectivity index (χ2v) is 6.55. The lowest BCUT2D eigenvalue weighted by Gasteiger charge is -2.34. The number of rotatable bonds is 5. The maximum Gasteiger partial charge on any atom is 0.257 e. The molecule has 25 heavy (non-hydrogen) atoms. The maximum absolute atomic E-state index is 12.6. The van der Waals surface area contributed by atoms with Crippen molar-refractivity contribution in [2.24, 2.45) is 0 Å². The van der Waals surface area contributed by atoms with Crippen LogP contribution >= 0.6 is 12.4 Å². The van der Waals surface area contributed by atoms with Gasteiger partial charge in [0.15, 0.2) is 0 Å². The number of furan rings is 1. The molecule has 1 aliphatic heterocycles. The van der Waals surface area contributed by atoms with Gasteiger partial charge in [0.1, 0.15) is 11.5 Å². The van der Waals surface area contributed by atoms with Crippen molar-refractivity contribution in [3.63, 3.8) is 0 Å². The molecule has 0 aliphatic carbocycles. The van der Waals surface area contributed by atoms with Crippen LogP contribution in [0.15, 0.2) is 40.8 Å². The van der Waals surface area contributed by atoms with Gasteiger partial charge >= 0.3 is 0 Å². The second-order valence-electron chi connectivity index (χ2n) is 6.55. The standard InChI is InChI=1S/C20H26N2O2.ClH/c1-16-15-19(17(2)24-16)20(23)22-13-11-21(12-14-22)10-6-9-18-7-4-3-5-8-18;/h3-5,7-8,15H,6,9-14H2,1-2H3;1H. The summed E-state index contributed by atoms with van der Waals surface area (Å²) in [5, 5.41) is 0. The molecule has 4 nitrogen and oxygen atoms in total. The van der Waals surface area contributed by atoms with Crippen molar-refractivity contribution in [3.8, 4) is 0 Å². The van der Waals surface area contributed by atoms with Crippen LogP contribution in [-0.4, -0.2) is 48.4 Å². The predicted molar refractivity (Wildman–Crippen MR) is 103 cm³/mol. The summed E-state index contributed by atoms with van der Waals surface area (Å²) in [6.45, 7) is 8.35. The lowest BCUT2D eigenvalue weighted by molar-refractivity contribution is 0.0634. The highest BCUT2D eigenvalue weighted by Crippen LogP contribution is 2.17. The molecule has 0 unspecified atom stereocenters. The van der Waals surface area contributed by atoms with Gasteiger partial charge in [-0.1, -0.05) is 30.3 Å². The van der Waals surface area contributed by atoms with Gasteiger partial charge in [-0.15, -0.1) is 12.4 Å². The highest BCUT2D eigenvalue weighted by Gasteiger charge is 2.24. The van der Waals surface area contributed by atoms with E-state index < -0.39 is 0 Å². The Morgan fingerprint density at radius 2 is 1.76 bits per heavy atom. The summed E-state index contributed by atoms with van der Waals surface area (Å²) in [5.41, 5.74) is 2.11. The Labute approximate surface area is 156 Å². The number of piperazine rings is 1. The summed E-state index contributed by atoms with van der Waals surface area (Å²) in [7, 11) is 0. The van der Waals surface area contributed by atoms with Gasteiger partial charge in [0, 0.05) is 26.2 Å². The molecular weight excluding hydrogens is 336 g/mol. The third-order valence-corrected chi connectivity index (χ3v) is 4.71. The number of carbonyl (C=O) groups is 1. The molecule has 1 fully saturated rings. The van der Waals surface area contributed by atoms with Crippen molar-refractivity contribution in [2.45, 2.75) is 26.7 Å². The van der Waals surface area contributed by atoms with Crippen molar-refractivity contribution in [1.29, 1.82) is 0 Å². The van der Waals surface area contributed by atoms with Gasteiger partial charge in [0.2, 0.25) is 0 Å². The minimum absolute atomic E-state index is 0. The predicted octanol–water partition coefficient (Wildman–Crippen LogP) is 3.71. The molecule has 0 N–H and O–H groups in total. The van der Waals surface area contributed by atoms with Crippen LogP contribution in [0.25, 0.3) is 0 Å². The molecule has 0 saturated carbocycles. The van der Waals surface area contributed by atoms with Crippen molar-refractivity contribution < 1.29 is 9.21 Å². The van der Waals surface area contributed by atoms with Gasteiger partial charge in [-0.05, 0) is 44.9 Å². The van der Waals surface area contributed by atoms with Gasteiger partial charge in [0.25, 0.3) is 5.91 Å². The van der Waals surface area contributed by atoms with Crippen molar-refractivity contribution in [3.05, 3.63) is 59.0 Å². The molecule has 136 valence electrons. The van der Waals surface area contributed by atoms with E-state index in [0.717, 1.165) is 57.1 Å².